The summed E-state index contributed by atoms with van der Waals surface area (Å²) in [6, 6.07) is 0. The molecule has 7 nitrogen and oxygen atoms in total. The van der Waals surface area contributed by atoms with Gasteiger partial charge in [0.05, 0.1) is 25.1 Å². The Labute approximate surface area is 156 Å². The highest BCUT2D eigenvalue weighted by Gasteiger charge is 2.23. The van der Waals surface area contributed by atoms with E-state index in [1.807, 2.05) is 25.8 Å². The molecule has 1 N–H and O–H groups in total. The number of hydrogen-bond donors (Lipinski definition) is 1. The Morgan fingerprint density at radius 2 is 2.19 bits per heavy atom. The van der Waals surface area contributed by atoms with Crippen LogP contribution < -0.4 is 5.32 Å². The number of rotatable bonds is 7. The largest absolute Gasteiger partial charge is 0.376 e. The fraction of sp³-hybridized carbons (Fsp3) is 0.789. The van der Waals surface area contributed by atoms with Crippen molar-refractivity contribution in [3.63, 3.8) is 0 Å². The molecule has 0 radical (unpaired) electrons. The lowest BCUT2D eigenvalue weighted by atomic mass is 10.1. The standard InChI is InChI=1S/C19H33N5O2/c1-20-19(22-8-4-10-23-13-9-21-16-23)24-11-6-17(7-12-24)26-15-18-5-2-3-14-25-18/h9,13,16-18H,2-8,10-12,14-15H2,1H3,(H,20,22). The molecule has 2 fully saturated rings. The first kappa shape index (κ1) is 19.2. The van der Waals surface area contributed by atoms with E-state index in [0.29, 0.717) is 12.2 Å². The lowest BCUT2D eigenvalue weighted by Crippen LogP contribution is -2.47. The Balaban J connectivity index is 1.30. The molecule has 0 spiro atoms. The average Bonchev–Trinajstić information content (AvgIpc) is 3.21. The summed E-state index contributed by atoms with van der Waals surface area (Å²) in [7, 11) is 1.86. The minimum Gasteiger partial charge on any atom is -0.376 e. The summed E-state index contributed by atoms with van der Waals surface area (Å²) in [5.74, 6) is 1.00. The van der Waals surface area contributed by atoms with Crippen LogP contribution in [-0.4, -0.2) is 72.5 Å². The summed E-state index contributed by atoms with van der Waals surface area (Å²) in [6.07, 6.45) is 13.1. The van der Waals surface area contributed by atoms with Crippen LogP contribution >= 0.6 is 0 Å². The van der Waals surface area contributed by atoms with E-state index < -0.39 is 0 Å². The first-order valence-electron chi connectivity index (χ1n) is 9.99. The number of imidazole rings is 1. The van der Waals surface area contributed by atoms with E-state index >= 15 is 0 Å². The van der Waals surface area contributed by atoms with Gasteiger partial charge in [-0.05, 0) is 38.5 Å². The molecular weight excluding hydrogens is 330 g/mol. The van der Waals surface area contributed by atoms with Gasteiger partial charge in [0.15, 0.2) is 5.96 Å². The molecule has 2 aliphatic heterocycles. The van der Waals surface area contributed by atoms with E-state index in [0.717, 1.165) is 71.0 Å². The van der Waals surface area contributed by atoms with Crippen LogP contribution in [0.3, 0.4) is 0 Å². The molecule has 3 heterocycles. The Hall–Kier alpha value is -1.60. The van der Waals surface area contributed by atoms with Gasteiger partial charge in [0, 0.05) is 52.2 Å². The summed E-state index contributed by atoms with van der Waals surface area (Å²) >= 11 is 0. The van der Waals surface area contributed by atoms with Gasteiger partial charge < -0.3 is 24.3 Å². The molecule has 0 saturated carbocycles. The van der Waals surface area contributed by atoms with Gasteiger partial charge in [-0.3, -0.25) is 4.99 Å². The van der Waals surface area contributed by atoms with Gasteiger partial charge in [0.2, 0.25) is 0 Å². The molecule has 0 aliphatic carbocycles. The SMILES string of the molecule is CN=C(NCCCn1ccnc1)N1CCC(OCC2CCCCO2)CC1. The van der Waals surface area contributed by atoms with Gasteiger partial charge in [-0.2, -0.15) is 0 Å². The Morgan fingerprint density at radius 3 is 2.88 bits per heavy atom. The van der Waals surface area contributed by atoms with E-state index in [9.17, 15) is 0 Å². The van der Waals surface area contributed by atoms with Gasteiger partial charge in [-0.15, -0.1) is 0 Å². The maximum Gasteiger partial charge on any atom is 0.193 e. The molecular formula is C19H33N5O2. The summed E-state index contributed by atoms with van der Waals surface area (Å²) in [5, 5.41) is 3.48. The number of piperidine rings is 1. The fourth-order valence-electron chi connectivity index (χ4n) is 3.63. The second-order valence-corrected chi connectivity index (χ2v) is 7.14. The number of aromatic nitrogens is 2. The number of nitrogens with zero attached hydrogens (tertiary/aromatic N) is 4. The zero-order chi connectivity index (χ0) is 18.0. The van der Waals surface area contributed by atoms with Gasteiger partial charge in [0.25, 0.3) is 0 Å². The highest BCUT2D eigenvalue weighted by Crippen LogP contribution is 2.17. The van der Waals surface area contributed by atoms with Crippen molar-refractivity contribution in [2.45, 2.75) is 57.3 Å². The summed E-state index contributed by atoms with van der Waals surface area (Å²) < 4.78 is 14.0. The molecule has 0 bridgehead atoms. The second kappa shape index (κ2) is 10.5. The van der Waals surface area contributed by atoms with Crippen molar-refractivity contribution in [2.75, 3.05) is 39.9 Å². The highest BCUT2D eigenvalue weighted by atomic mass is 16.5. The molecule has 0 aromatic carbocycles. The van der Waals surface area contributed by atoms with Crippen LogP contribution in [0.15, 0.2) is 23.7 Å². The van der Waals surface area contributed by atoms with Crippen LogP contribution in [0.1, 0.15) is 38.5 Å². The first-order chi connectivity index (χ1) is 12.8. The predicted octanol–water partition coefficient (Wildman–Crippen LogP) is 1.90. The Kier molecular flexibility index (Phi) is 7.76. The quantitative estimate of drug-likeness (QED) is 0.455. The van der Waals surface area contributed by atoms with Crippen LogP contribution in [-0.2, 0) is 16.0 Å². The summed E-state index contributed by atoms with van der Waals surface area (Å²) in [5.41, 5.74) is 0. The first-order valence-corrected chi connectivity index (χ1v) is 9.99. The highest BCUT2D eigenvalue weighted by molar-refractivity contribution is 5.79. The minimum absolute atomic E-state index is 0.312. The van der Waals surface area contributed by atoms with E-state index in [4.69, 9.17) is 9.47 Å². The molecule has 7 heteroatoms. The molecule has 1 unspecified atom stereocenters. The lowest BCUT2D eigenvalue weighted by Gasteiger charge is -2.35. The maximum absolute atomic E-state index is 6.10. The van der Waals surface area contributed by atoms with Crippen LogP contribution in [0.4, 0.5) is 0 Å². The van der Waals surface area contributed by atoms with Gasteiger partial charge in [-0.25, -0.2) is 4.98 Å². The van der Waals surface area contributed by atoms with Crippen LogP contribution in [0.25, 0.3) is 0 Å². The van der Waals surface area contributed by atoms with Gasteiger partial charge in [0.1, 0.15) is 0 Å². The minimum atomic E-state index is 0.312. The van der Waals surface area contributed by atoms with Crippen molar-refractivity contribution in [1.82, 2.24) is 19.8 Å². The Morgan fingerprint density at radius 1 is 1.31 bits per heavy atom. The average molecular weight is 364 g/mol. The zero-order valence-electron chi connectivity index (χ0n) is 16.0. The van der Waals surface area contributed by atoms with Crippen molar-refractivity contribution >= 4 is 5.96 Å². The van der Waals surface area contributed by atoms with Gasteiger partial charge in [-0.1, -0.05) is 0 Å². The summed E-state index contributed by atoms with van der Waals surface area (Å²) in [4.78, 5) is 10.9. The van der Waals surface area contributed by atoms with Crippen molar-refractivity contribution in [3.05, 3.63) is 18.7 Å². The number of ether oxygens (including phenoxy) is 2. The number of hydrogen-bond acceptors (Lipinski definition) is 4. The predicted molar refractivity (Wildman–Crippen MR) is 102 cm³/mol. The molecule has 1 aromatic rings. The van der Waals surface area contributed by atoms with Crippen molar-refractivity contribution in [2.24, 2.45) is 4.99 Å². The van der Waals surface area contributed by atoms with Crippen molar-refractivity contribution in [1.29, 1.82) is 0 Å². The third kappa shape index (κ3) is 5.99. The van der Waals surface area contributed by atoms with Crippen LogP contribution in [0.2, 0.25) is 0 Å². The number of aliphatic imine (C=N–C) groups is 1. The number of guanidine groups is 1. The molecule has 3 rings (SSSR count). The van der Waals surface area contributed by atoms with Crippen molar-refractivity contribution in [3.8, 4) is 0 Å². The molecule has 146 valence electrons. The number of nitrogens with one attached hydrogen (secondary N) is 1. The molecule has 1 atom stereocenters. The van der Waals surface area contributed by atoms with E-state index in [-0.39, 0.29) is 0 Å². The molecule has 2 aliphatic rings. The third-order valence-corrected chi connectivity index (χ3v) is 5.18. The molecule has 26 heavy (non-hydrogen) atoms. The third-order valence-electron chi connectivity index (χ3n) is 5.18. The fourth-order valence-corrected chi connectivity index (χ4v) is 3.63. The Bertz CT molecular complexity index is 520. The lowest BCUT2D eigenvalue weighted by molar-refractivity contribution is -0.0721. The number of aryl methyl sites for hydroxylation is 1. The zero-order valence-corrected chi connectivity index (χ0v) is 16.0. The molecule has 1 aromatic heterocycles. The van der Waals surface area contributed by atoms with Gasteiger partial charge >= 0.3 is 0 Å². The van der Waals surface area contributed by atoms with E-state index in [2.05, 4.69) is 24.8 Å². The topological polar surface area (TPSA) is 63.9 Å². The van der Waals surface area contributed by atoms with Crippen molar-refractivity contribution < 1.29 is 9.47 Å². The monoisotopic (exact) mass is 363 g/mol. The molecule has 2 saturated heterocycles. The smallest absolute Gasteiger partial charge is 0.193 e. The maximum atomic E-state index is 6.10. The second-order valence-electron chi connectivity index (χ2n) is 7.14. The normalized spacial score (nSPS) is 22.6. The van der Waals surface area contributed by atoms with E-state index in [1.54, 1.807) is 0 Å². The summed E-state index contributed by atoms with van der Waals surface area (Å²) in [6.45, 7) is 5.54. The van der Waals surface area contributed by atoms with Crippen LogP contribution in [0, 0.1) is 0 Å². The molecule has 0 amide bonds. The number of likely N-dealkylation sites (tertiary alicyclic amines) is 1. The van der Waals surface area contributed by atoms with E-state index in [1.165, 1.54) is 12.8 Å². The van der Waals surface area contributed by atoms with Crippen LogP contribution in [0.5, 0.6) is 0 Å².